The van der Waals surface area contributed by atoms with E-state index >= 15 is 0 Å². The van der Waals surface area contributed by atoms with Crippen LogP contribution in [0, 0.1) is 5.82 Å². The molecule has 0 unspecified atom stereocenters. The smallest absolute Gasteiger partial charge is 0.255 e. The van der Waals surface area contributed by atoms with Crippen molar-refractivity contribution in [3.05, 3.63) is 96.3 Å². The molecular formula is C34H29FN4O4S. The van der Waals surface area contributed by atoms with Gasteiger partial charge in [0.15, 0.2) is 0 Å². The number of furan rings is 1. The standard InChI is InChI=1S/C34H29FN4O4S/c1-36-34(40)32-26-17-24(29(38(3)44(4,41)42)18-31(26)43-33(32)20-9-12-23(35)13-10-20)21-11-14-28-25(15-21)30-16-22-7-5-6-8-27(22)39(30)19-37(28)2/h5-18H,19H2,1-4H3,(H,36,40). The van der Waals surface area contributed by atoms with Crippen molar-refractivity contribution in [3.8, 4) is 33.7 Å². The van der Waals surface area contributed by atoms with Gasteiger partial charge >= 0.3 is 0 Å². The van der Waals surface area contributed by atoms with Crippen LogP contribution in [-0.4, -0.2) is 46.3 Å². The zero-order chi connectivity index (χ0) is 30.9. The van der Waals surface area contributed by atoms with Gasteiger partial charge in [-0.05, 0) is 60.2 Å². The number of aromatic nitrogens is 1. The minimum absolute atomic E-state index is 0.265. The van der Waals surface area contributed by atoms with Crippen LogP contribution in [0.25, 0.3) is 55.6 Å². The minimum Gasteiger partial charge on any atom is -0.455 e. The second-order valence-electron chi connectivity index (χ2n) is 11.1. The number of halogens is 1. The Bertz CT molecular complexity index is 2240. The van der Waals surface area contributed by atoms with Gasteiger partial charge in [-0.3, -0.25) is 9.10 Å². The van der Waals surface area contributed by atoms with Crippen molar-refractivity contribution in [2.45, 2.75) is 6.67 Å². The van der Waals surface area contributed by atoms with Crippen LogP contribution in [-0.2, 0) is 16.7 Å². The molecule has 44 heavy (non-hydrogen) atoms. The average Bonchev–Trinajstić information content (AvgIpc) is 3.58. The molecule has 1 N–H and O–H groups in total. The van der Waals surface area contributed by atoms with Crippen LogP contribution < -0.4 is 14.5 Å². The number of carbonyl (C=O) groups is 1. The normalized spacial score (nSPS) is 12.8. The van der Waals surface area contributed by atoms with Gasteiger partial charge in [0, 0.05) is 60.4 Å². The molecule has 10 heteroatoms. The summed E-state index contributed by atoms with van der Waals surface area (Å²) in [6.45, 7) is 0.694. The van der Waals surface area contributed by atoms with Gasteiger partial charge in [0.2, 0.25) is 10.0 Å². The molecule has 1 aliphatic rings. The highest BCUT2D eigenvalue weighted by molar-refractivity contribution is 7.92. The highest BCUT2D eigenvalue weighted by atomic mass is 32.2. The van der Waals surface area contributed by atoms with Gasteiger partial charge in [-0.2, -0.15) is 0 Å². The Balaban J connectivity index is 1.51. The molecule has 4 aromatic carbocycles. The van der Waals surface area contributed by atoms with Crippen molar-refractivity contribution in [2.24, 2.45) is 0 Å². The zero-order valence-corrected chi connectivity index (χ0v) is 25.4. The van der Waals surface area contributed by atoms with Crippen molar-refractivity contribution in [1.82, 2.24) is 9.88 Å². The van der Waals surface area contributed by atoms with Crippen LogP contribution in [0.2, 0.25) is 0 Å². The Morgan fingerprint density at radius 2 is 1.68 bits per heavy atom. The quantitative estimate of drug-likeness (QED) is 0.236. The Morgan fingerprint density at radius 1 is 0.955 bits per heavy atom. The van der Waals surface area contributed by atoms with E-state index in [9.17, 15) is 17.6 Å². The van der Waals surface area contributed by atoms with E-state index in [0.29, 0.717) is 34.5 Å². The molecule has 0 fully saturated rings. The number of fused-ring (bicyclic) bond motifs is 6. The van der Waals surface area contributed by atoms with Crippen molar-refractivity contribution in [1.29, 1.82) is 0 Å². The number of rotatable bonds is 5. The van der Waals surface area contributed by atoms with Crippen LogP contribution in [0.5, 0.6) is 0 Å². The fraction of sp³-hybridized carbons (Fsp3) is 0.147. The van der Waals surface area contributed by atoms with Crippen LogP contribution in [0.4, 0.5) is 15.8 Å². The molecule has 1 amide bonds. The minimum atomic E-state index is -3.67. The fourth-order valence-electron chi connectivity index (χ4n) is 6.07. The van der Waals surface area contributed by atoms with Crippen molar-refractivity contribution in [2.75, 3.05) is 36.6 Å². The molecule has 7 rings (SSSR count). The number of sulfonamides is 1. The summed E-state index contributed by atoms with van der Waals surface area (Å²) in [6.07, 6.45) is 1.14. The summed E-state index contributed by atoms with van der Waals surface area (Å²) < 4.78 is 49.1. The predicted molar refractivity (Wildman–Crippen MR) is 173 cm³/mol. The fourth-order valence-corrected chi connectivity index (χ4v) is 6.58. The first-order chi connectivity index (χ1) is 21.0. The lowest BCUT2D eigenvalue weighted by molar-refractivity contribution is 0.0964. The Morgan fingerprint density at radius 3 is 2.41 bits per heavy atom. The average molecular weight is 609 g/mol. The van der Waals surface area contributed by atoms with Gasteiger partial charge in [-0.25, -0.2) is 12.8 Å². The SMILES string of the molecule is CNC(=O)c1c(-c2ccc(F)cc2)oc2cc(N(C)S(C)(=O)=O)c(-c3ccc4c(c3)-c3cc5ccccc5n3CN4C)cc12. The van der Waals surface area contributed by atoms with Crippen LogP contribution >= 0.6 is 0 Å². The summed E-state index contributed by atoms with van der Waals surface area (Å²) in [5, 5.41) is 4.33. The first-order valence-electron chi connectivity index (χ1n) is 14.0. The molecule has 0 spiro atoms. The van der Waals surface area contributed by atoms with E-state index in [0.717, 1.165) is 39.7 Å². The van der Waals surface area contributed by atoms with Crippen molar-refractivity contribution in [3.63, 3.8) is 0 Å². The molecule has 222 valence electrons. The third-order valence-corrected chi connectivity index (χ3v) is 9.55. The monoisotopic (exact) mass is 608 g/mol. The second-order valence-corrected chi connectivity index (χ2v) is 13.1. The van der Waals surface area contributed by atoms with Crippen molar-refractivity contribution < 1.29 is 22.0 Å². The predicted octanol–water partition coefficient (Wildman–Crippen LogP) is 6.69. The summed E-state index contributed by atoms with van der Waals surface area (Å²) in [7, 11) is 1.40. The van der Waals surface area contributed by atoms with Gasteiger partial charge in [0.25, 0.3) is 5.91 Å². The number of para-hydroxylation sites is 1. The highest BCUT2D eigenvalue weighted by Gasteiger charge is 2.27. The number of nitrogens with one attached hydrogen (secondary N) is 1. The molecule has 6 aromatic rings. The van der Waals surface area contributed by atoms with Crippen LogP contribution in [0.15, 0.2) is 89.3 Å². The van der Waals surface area contributed by atoms with E-state index in [1.807, 2.05) is 31.3 Å². The van der Waals surface area contributed by atoms with Gasteiger partial charge in [-0.1, -0.05) is 24.3 Å². The molecule has 0 bridgehead atoms. The van der Waals surface area contributed by atoms with E-state index in [-0.39, 0.29) is 17.2 Å². The van der Waals surface area contributed by atoms with E-state index in [4.69, 9.17) is 4.42 Å². The summed E-state index contributed by atoms with van der Waals surface area (Å²) in [5.74, 6) is -0.529. The number of carbonyl (C=O) groups excluding carboxylic acids is 1. The number of hydrogen-bond donors (Lipinski definition) is 1. The maximum absolute atomic E-state index is 13.7. The van der Waals surface area contributed by atoms with Crippen LogP contribution in [0.3, 0.4) is 0 Å². The first kappa shape index (κ1) is 27.7. The first-order valence-corrected chi connectivity index (χ1v) is 15.9. The largest absolute Gasteiger partial charge is 0.455 e. The summed E-state index contributed by atoms with van der Waals surface area (Å²) >= 11 is 0. The van der Waals surface area contributed by atoms with E-state index in [1.54, 1.807) is 24.3 Å². The molecule has 3 heterocycles. The molecular weight excluding hydrogens is 579 g/mol. The third kappa shape index (κ3) is 4.32. The molecule has 0 saturated carbocycles. The topological polar surface area (TPSA) is 87.8 Å². The summed E-state index contributed by atoms with van der Waals surface area (Å²) in [5.41, 5.74) is 7.16. The van der Waals surface area contributed by atoms with Gasteiger partial charge in [-0.15, -0.1) is 0 Å². The van der Waals surface area contributed by atoms with E-state index < -0.39 is 15.8 Å². The highest BCUT2D eigenvalue weighted by Crippen LogP contribution is 2.45. The zero-order valence-electron chi connectivity index (χ0n) is 24.6. The molecule has 0 radical (unpaired) electrons. The number of benzene rings is 4. The third-order valence-electron chi connectivity index (χ3n) is 8.36. The number of anilines is 2. The van der Waals surface area contributed by atoms with E-state index in [1.165, 1.54) is 30.5 Å². The molecule has 0 saturated heterocycles. The molecule has 0 aliphatic carbocycles. The second kappa shape index (κ2) is 9.99. The maximum atomic E-state index is 13.7. The van der Waals surface area contributed by atoms with Crippen molar-refractivity contribution >= 4 is 49.2 Å². The lowest BCUT2D eigenvalue weighted by Crippen LogP contribution is -2.26. The lowest BCUT2D eigenvalue weighted by atomic mass is 9.95. The van der Waals surface area contributed by atoms with Gasteiger partial charge in [0.05, 0.1) is 35.4 Å². The molecule has 0 atom stereocenters. The molecule has 1 aliphatic heterocycles. The summed E-state index contributed by atoms with van der Waals surface area (Å²) in [4.78, 5) is 15.4. The summed E-state index contributed by atoms with van der Waals surface area (Å²) in [6, 6.07) is 25.6. The molecule has 8 nitrogen and oxygen atoms in total. The maximum Gasteiger partial charge on any atom is 0.255 e. The van der Waals surface area contributed by atoms with E-state index in [2.05, 4.69) is 39.0 Å². The Kier molecular flexibility index (Phi) is 6.29. The van der Waals surface area contributed by atoms with Gasteiger partial charge in [0.1, 0.15) is 17.2 Å². The number of hydrogen-bond acceptors (Lipinski definition) is 5. The lowest BCUT2D eigenvalue weighted by Gasteiger charge is -2.31. The van der Waals surface area contributed by atoms with Crippen LogP contribution in [0.1, 0.15) is 10.4 Å². The Hall–Kier alpha value is -5.09. The number of amides is 1. The Labute approximate surface area is 254 Å². The number of nitrogens with zero attached hydrogens (tertiary/aromatic N) is 3. The molecule has 2 aromatic heterocycles. The van der Waals surface area contributed by atoms with Gasteiger partial charge < -0.3 is 19.2 Å².